The van der Waals surface area contributed by atoms with Crippen LogP contribution in [0.4, 0.5) is 5.69 Å². The molecule has 5 rings (SSSR count). The lowest BCUT2D eigenvalue weighted by molar-refractivity contribution is 0.102. The van der Waals surface area contributed by atoms with Crippen LogP contribution in [-0.4, -0.2) is 20.3 Å². The fourth-order valence-electron chi connectivity index (χ4n) is 4.33. The van der Waals surface area contributed by atoms with Crippen molar-refractivity contribution in [3.8, 4) is 5.69 Å². The lowest BCUT2D eigenvalue weighted by atomic mass is 10.1. The third-order valence-corrected chi connectivity index (χ3v) is 6.08. The highest BCUT2D eigenvalue weighted by atomic mass is 16.2. The molecule has 1 N–H and O–H groups in total. The summed E-state index contributed by atoms with van der Waals surface area (Å²) in [6.07, 6.45) is 0.788. The molecule has 5 aromatic rings. The van der Waals surface area contributed by atoms with Crippen LogP contribution in [0.5, 0.6) is 0 Å². The number of carbonyl (C=O) groups is 1. The van der Waals surface area contributed by atoms with E-state index < -0.39 is 0 Å². The minimum absolute atomic E-state index is 0.216. The summed E-state index contributed by atoms with van der Waals surface area (Å²) in [5.41, 5.74) is 4.73. The van der Waals surface area contributed by atoms with E-state index in [2.05, 4.69) is 10.4 Å². The molecule has 2 aromatic heterocycles. The molecule has 0 atom stereocenters. The molecule has 0 aliphatic carbocycles. The molecule has 33 heavy (non-hydrogen) atoms. The van der Waals surface area contributed by atoms with Gasteiger partial charge in [0.1, 0.15) is 5.52 Å². The van der Waals surface area contributed by atoms with E-state index in [1.165, 1.54) is 4.68 Å². The van der Waals surface area contributed by atoms with Crippen molar-refractivity contribution in [1.82, 2.24) is 14.3 Å². The first-order valence-corrected chi connectivity index (χ1v) is 11.0. The molecule has 0 unspecified atom stereocenters. The second-order valence-electron chi connectivity index (χ2n) is 8.17. The van der Waals surface area contributed by atoms with Crippen LogP contribution in [0.3, 0.4) is 0 Å². The van der Waals surface area contributed by atoms with Gasteiger partial charge in [0.15, 0.2) is 5.69 Å². The van der Waals surface area contributed by atoms with Gasteiger partial charge >= 0.3 is 0 Å². The smallest absolute Gasteiger partial charge is 0.296 e. The Labute approximate surface area is 191 Å². The van der Waals surface area contributed by atoms with Crippen LogP contribution in [0.2, 0.25) is 0 Å². The Hall–Kier alpha value is -4.19. The minimum atomic E-state index is -0.349. The van der Waals surface area contributed by atoms with Crippen LogP contribution in [0.1, 0.15) is 28.5 Å². The molecule has 0 bridgehead atoms. The van der Waals surface area contributed by atoms with E-state index >= 15 is 0 Å². The average molecular weight is 437 g/mol. The van der Waals surface area contributed by atoms with Crippen molar-refractivity contribution in [2.45, 2.75) is 20.3 Å². The molecule has 0 fully saturated rings. The predicted octanol–water partition coefficient (Wildman–Crippen LogP) is 5.00. The van der Waals surface area contributed by atoms with Crippen LogP contribution >= 0.6 is 0 Å². The van der Waals surface area contributed by atoms with E-state index in [1.54, 1.807) is 0 Å². The Morgan fingerprint density at radius 2 is 1.67 bits per heavy atom. The Bertz CT molecular complexity index is 1580. The summed E-state index contributed by atoms with van der Waals surface area (Å²) in [5, 5.41) is 9.01. The number of para-hydroxylation sites is 2. The molecule has 3 aromatic carbocycles. The molecule has 6 heteroatoms. The molecule has 0 aliphatic rings. The summed E-state index contributed by atoms with van der Waals surface area (Å²) in [4.78, 5) is 27.2. The van der Waals surface area contributed by atoms with Crippen LogP contribution in [-0.2, 0) is 13.5 Å². The van der Waals surface area contributed by atoms with Crippen molar-refractivity contribution in [3.63, 3.8) is 0 Å². The summed E-state index contributed by atoms with van der Waals surface area (Å²) >= 11 is 0. The number of hydrogen-bond donors (Lipinski definition) is 1. The number of rotatable bonds is 4. The molecule has 0 saturated carbocycles. The molecule has 0 spiro atoms. The van der Waals surface area contributed by atoms with Crippen molar-refractivity contribution in [2.75, 3.05) is 5.32 Å². The molecular formula is C27H24N4O2. The van der Waals surface area contributed by atoms with Crippen molar-refractivity contribution >= 4 is 33.4 Å². The van der Waals surface area contributed by atoms with Crippen molar-refractivity contribution in [3.05, 3.63) is 100.0 Å². The van der Waals surface area contributed by atoms with Crippen LogP contribution in [0.25, 0.3) is 27.5 Å². The molecule has 1 amide bonds. The lowest BCUT2D eigenvalue weighted by Gasteiger charge is -2.12. The maximum absolute atomic E-state index is 13.6. The molecule has 0 aliphatic heterocycles. The van der Waals surface area contributed by atoms with Gasteiger partial charge in [-0.25, -0.2) is 0 Å². The van der Waals surface area contributed by atoms with E-state index in [1.807, 2.05) is 98.3 Å². The number of aryl methyl sites for hydroxylation is 3. The molecule has 2 heterocycles. The fraction of sp³-hybridized carbons (Fsp3) is 0.148. The number of nitrogens with zero attached hydrogens (tertiary/aromatic N) is 3. The summed E-state index contributed by atoms with van der Waals surface area (Å²) < 4.78 is 3.16. The van der Waals surface area contributed by atoms with E-state index in [0.717, 1.165) is 34.1 Å². The third-order valence-electron chi connectivity index (χ3n) is 6.08. The van der Waals surface area contributed by atoms with Gasteiger partial charge in [0, 0.05) is 29.0 Å². The quantitative estimate of drug-likeness (QED) is 0.431. The first kappa shape index (κ1) is 20.7. The number of aromatic nitrogens is 3. The maximum atomic E-state index is 13.6. The number of nitrogens with one attached hydrogen (secondary N) is 1. The zero-order chi connectivity index (χ0) is 23.1. The largest absolute Gasteiger partial charge is 0.339 e. The van der Waals surface area contributed by atoms with Crippen molar-refractivity contribution < 1.29 is 4.79 Å². The molecule has 0 saturated heterocycles. The Balaban J connectivity index is 1.80. The van der Waals surface area contributed by atoms with E-state index in [9.17, 15) is 9.59 Å². The first-order chi connectivity index (χ1) is 16.0. The number of amides is 1. The van der Waals surface area contributed by atoms with Gasteiger partial charge in [0.05, 0.1) is 5.69 Å². The second-order valence-corrected chi connectivity index (χ2v) is 8.17. The molecular weight excluding hydrogens is 412 g/mol. The topological polar surface area (TPSA) is 68.9 Å². The highest BCUT2D eigenvalue weighted by molar-refractivity contribution is 6.19. The van der Waals surface area contributed by atoms with Gasteiger partial charge in [-0.15, -0.1) is 0 Å². The summed E-state index contributed by atoms with van der Waals surface area (Å²) in [6, 6.07) is 22.9. The van der Waals surface area contributed by atoms with Crippen molar-refractivity contribution in [1.29, 1.82) is 0 Å². The summed E-state index contributed by atoms with van der Waals surface area (Å²) in [5.74, 6) is -0.349. The standard InChI is InChI=1S/C27H24N4O2/c1-4-18-9-5-7-11-21(18)28-26(32)24-23-20-10-6-8-12-22(20)30(3)25(23)27(33)31(29-24)19-15-13-17(2)14-16-19/h5-16H,4H2,1-3H3,(H,28,32). The van der Waals surface area contributed by atoms with Gasteiger partial charge in [-0.05, 0) is 43.2 Å². The number of carbonyl (C=O) groups excluding carboxylic acids is 1. The van der Waals surface area contributed by atoms with Gasteiger partial charge in [0.25, 0.3) is 11.5 Å². The first-order valence-electron chi connectivity index (χ1n) is 11.0. The maximum Gasteiger partial charge on any atom is 0.296 e. The average Bonchev–Trinajstić information content (AvgIpc) is 3.13. The zero-order valence-electron chi connectivity index (χ0n) is 18.8. The lowest BCUT2D eigenvalue weighted by Crippen LogP contribution is -2.27. The Kier molecular flexibility index (Phi) is 5.05. The highest BCUT2D eigenvalue weighted by Gasteiger charge is 2.23. The monoisotopic (exact) mass is 436 g/mol. The van der Waals surface area contributed by atoms with Crippen molar-refractivity contribution in [2.24, 2.45) is 7.05 Å². The zero-order valence-corrected chi connectivity index (χ0v) is 18.8. The van der Waals surface area contributed by atoms with Gasteiger partial charge in [-0.3, -0.25) is 9.59 Å². The van der Waals surface area contributed by atoms with Gasteiger partial charge in [-0.2, -0.15) is 9.78 Å². The third kappa shape index (κ3) is 3.40. The van der Waals surface area contributed by atoms with Crippen LogP contribution in [0, 0.1) is 6.92 Å². The highest BCUT2D eigenvalue weighted by Crippen LogP contribution is 2.29. The number of hydrogen-bond acceptors (Lipinski definition) is 3. The second kappa shape index (κ2) is 8.06. The summed E-state index contributed by atoms with van der Waals surface area (Å²) in [6.45, 7) is 4.03. The molecule has 6 nitrogen and oxygen atoms in total. The van der Waals surface area contributed by atoms with E-state index in [-0.39, 0.29) is 17.2 Å². The van der Waals surface area contributed by atoms with Gasteiger partial charge < -0.3 is 9.88 Å². The Morgan fingerprint density at radius 1 is 0.970 bits per heavy atom. The number of anilines is 1. The van der Waals surface area contributed by atoms with Crippen LogP contribution < -0.4 is 10.9 Å². The predicted molar refractivity (Wildman–Crippen MR) is 132 cm³/mol. The van der Waals surface area contributed by atoms with Crippen LogP contribution in [0.15, 0.2) is 77.6 Å². The van der Waals surface area contributed by atoms with Gasteiger partial charge in [-0.1, -0.05) is 61.0 Å². The minimum Gasteiger partial charge on any atom is -0.339 e. The normalized spacial score (nSPS) is 11.2. The fourth-order valence-corrected chi connectivity index (χ4v) is 4.33. The summed E-state index contributed by atoms with van der Waals surface area (Å²) in [7, 11) is 1.85. The molecule has 164 valence electrons. The number of fused-ring (bicyclic) bond motifs is 3. The van der Waals surface area contributed by atoms with E-state index in [4.69, 9.17) is 0 Å². The van der Waals surface area contributed by atoms with E-state index in [0.29, 0.717) is 16.6 Å². The van der Waals surface area contributed by atoms with Gasteiger partial charge in [0.2, 0.25) is 0 Å². The number of benzene rings is 3. The SMILES string of the molecule is CCc1ccccc1NC(=O)c1nn(-c2ccc(C)cc2)c(=O)c2c1c1ccccc1n2C. The molecule has 0 radical (unpaired) electrons. The Morgan fingerprint density at radius 3 is 2.42 bits per heavy atom.